The Kier molecular flexibility index (Phi) is 4.74. The molecule has 0 aliphatic heterocycles. The van der Waals surface area contributed by atoms with Crippen molar-refractivity contribution in [1.82, 2.24) is 10.3 Å². The number of hydrogen-bond donors (Lipinski definition) is 2. The summed E-state index contributed by atoms with van der Waals surface area (Å²) in [7, 11) is 0. The molecule has 0 aliphatic carbocycles. The predicted octanol–water partition coefficient (Wildman–Crippen LogP) is 2.71. The molecule has 108 valence electrons. The molecule has 0 saturated heterocycles. The molecule has 5 heteroatoms. The number of rotatable bonds is 6. The van der Waals surface area contributed by atoms with Crippen molar-refractivity contribution in [3.63, 3.8) is 0 Å². The maximum absolute atomic E-state index is 11.3. The monoisotopic (exact) mass is 268 g/mol. The van der Waals surface area contributed by atoms with Crippen molar-refractivity contribution in [1.29, 1.82) is 0 Å². The van der Waals surface area contributed by atoms with Gasteiger partial charge in [0.1, 0.15) is 11.3 Å². The number of carboxylic acid groups (broad SMARTS) is 1. The lowest BCUT2D eigenvalue weighted by molar-refractivity contribution is -0.144. The minimum atomic E-state index is -0.939. The number of nitrogens with one attached hydrogen (secondary N) is 1. The van der Waals surface area contributed by atoms with Crippen LogP contribution in [0.1, 0.15) is 59.1 Å². The van der Waals surface area contributed by atoms with Crippen LogP contribution in [0, 0.1) is 0 Å². The molecule has 1 aromatic rings. The van der Waals surface area contributed by atoms with Gasteiger partial charge in [-0.25, -0.2) is 4.98 Å². The van der Waals surface area contributed by atoms with Crippen molar-refractivity contribution in [2.24, 2.45) is 0 Å². The van der Waals surface area contributed by atoms with Crippen molar-refractivity contribution < 1.29 is 14.3 Å². The molecule has 0 aliphatic rings. The van der Waals surface area contributed by atoms with Crippen LogP contribution in [0.15, 0.2) is 10.6 Å². The fraction of sp³-hybridized carbons (Fsp3) is 0.714. The van der Waals surface area contributed by atoms with E-state index in [9.17, 15) is 9.90 Å². The average Bonchev–Trinajstić information content (AvgIpc) is 2.75. The van der Waals surface area contributed by atoms with E-state index < -0.39 is 11.5 Å². The van der Waals surface area contributed by atoms with E-state index in [0.717, 1.165) is 12.2 Å². The van der Waals surface area contributed by atoms with Crippen LogP contribution in [-0.4, -0.2) is 21.6 Å². The quantitative estimate of drug-likeness (QED) is 0.829. The third kappa shape index (κ3) is 4.06. The second kappa shape index (κ2) is 5.74. The number of carboxylic acids is 1. The van der Waals surface area contributed by atoms with E-state index in [-0.39, 0.29) is 5.41 Å². The van der Waals surface area contributed by atoms with Crippen LogP contribution >= 0.6 is 0 Å². The summed E-state index contributed by atoms with van der Waals surface area (Å²) < 4.78 is 5.63. The molecule has 2 N–H and O–H groups in total. The summed E-state index contributed by atoms with van der Waals surface area (Å²) in [4.78, 5) is 15.5. The normalized spacial score (nSPS) is 15.2. The number of hydrogen-bond acceptors (Lipinski definition) is 4. The van der Waals surface area contributed by atoms with Crippen molar-refractivity contribution >= 4 is 5.97 Å². The second-order valence-electron chi connectivity index (χ2n) is 6.11. The van der Waals surface area contributed by atoms with Gasteiger partial charge in [-0.15, -0.1) is 0 Å². The standard InChI is InChI=1S/C14H24N2O3/c1-6-7-14(5,12(17)18)16-9-11-15-8-10(19-11)13(2,3)4/h8,16H,6-7,9H2,1-5H3,(H,17,18). The highest BCUT2D eigenvalue weighted by atomic mass is 16.4. The van der Waals surface area contributed by atoms with Gasteiger partial charge in [0.15, 0.2) is 0 Å². The Balaban J connectivity index is 2.70. The maximum atomic E-state index is 11.3. The molecular weight excluding hydrogens is 244 g/mol. The lowest BCUT2D eigenvalue weighted by atomic mass is 9.94. The highest BCUT2D eigenvalue weighted by molar-refractivity contribution is 5.78. The van der Waals surface area contributed by atoms with Gasteiger partial charge in [-0.1, -0.05) is 34.1 Å². The van der Waals surface area contributed by atoms with Crippen molar-refractivity contribution in [2.75, 3.05) is 0 Å². The van der Waals surface area contributed by atoms with Crippen molar-refractivity contribution in [3.05, 3.63) is 17.8 Å². The maximum Gasteiger partial charge on any atom is 0.323 e. The molecule has 0 spiro atoms. The molecule has 1 unspecified atom stereocenters. The molecule has 1 atom stereocenters. The zero-order chi connectivity index (χ0) is 14.7. The summed E-state index contributed by atoms with van der Waals surface area (Å²) in [6, 6.07) is 0. The van der Waals surface area contributed by atoms with Gasteiger partial charge in [0.2, 0.25) is 5.89 Å². The Bertz CT molecular complexity index is 434. The summed E-state index contributed by atoms with van der Waals surface area (Å²) in [5, 5.41) is 12.3. The molecule has 0 saturated carbocycles. The highest BCUT2D eigenvalue weighted by Crippen LogP contribution is 2.23. The first-order chi connectivity index (χ1) is 8.69. The van der Waals surface area contributed by atoms with Crippen LogP contribution in [0.2, 0.25) is 0 Å². The van der Waals surface area contributed by atoms with Gasteiger partial charge in [0.05, 0.1) is 12.7 Å². The molecule has 19 heavy (non-hydrogen) atoms. The van der Waals surface area contributed by atoms with Crippen LogP contribution < -0.4 is 5.32 Å². The Hall–Kier alpha value is -1.36. The van der Waals surface area contributed by atoms with Gasteiger partial charge in [0.25, 0.3) is 0 Å². The number of carbonyl (C=O) groups is 1. The molecule has 5 nitrogen and oxygen atoms in total. The first-order valence-electron chi connectivity index (χ1n) is 6.62. The molecule has 1 rings (SSSR count). The Labute approximate surface area is 114 Å². The van der Waals surface area contributed by atoms with Gasteiger partial charge < -0.3 is 9.52 Å². The van der Waals surface area contributed by atoms with E-state index in [1.54, 1.807) is 13.1 Å². The summed E-state index contributed by atoms with van der Waals surface area (Å²) >= 11 is 0. The summed E-state index contributed by atoms with van der Waals surface area (Å²) in [6.07, 6.45) is 3.07. The fourth-order valence-electron chi connectivity index (χ4n) is 1.78. The first kappa shape index (κ1) is 15.7. The molecule has 0 fully saturated rings. The summed E-state index contributed by atoms with van der Waals surface area (Å²) in [5.41, 5.74) is -1.03. The van der Waals surface area contributed by atoms with Gasteiger partial charge in [-0.05, 0) is 13.3 Å². The van der Waals surface area contributed by atoms with Crippen molar-refractivity contribution in [3.8, 4) is 0 Å². The van der Waals surface area contributed by atoms with E-state index in [2.05, 4.69) is 10.3 Å². The predicted molar refractivity (Wildman–Crippen MR) is 73.0 cm³/mol. The number of aliphatic carboxylic acids is 1. The SMILES string of the molecule is CCCC(C)(NCc1ncc(C(C)(C)C)o1)C(=O)O. The molecule has 0 bridgehead atoms. The fourth-order valence-corrected chi connectivity index (χ4v) is 1.78. The first-order valence-corrected chi connectivity index (χ1v) is 6.62. The minimum absolute atomic E-state index is 0.0925. The number of aromatic nitrogens is 1. The largest absolute Gasteiger partial charge is 0.480 e. The van der Waals surface area contributed by atoms with Gasteiger partial charge in [-0.3, -0.25) is 10.1 Å². The average molecular weight is 268 g/mol. The van der Waals surface area contributed by atoms with Crippen LogP contribution in [0.25, 0.3) is 0 Å². The molecule has 0 radical (unpaired) electrons. The molecular formula is C14H24N2O3. The van der Waals surface area contributed by atoms with E-state index in [0.29, 0.717) is 18.9 Å². The zero-order valence-corrected chi connectivity index (χ0v) is 12.4. The topological polar surface area (TPSA) is 75.4 Å². The Morgan fingerprint density at radius 3 is 2.47 bits per heavy atom. The lowest BCUT2D eigenvalue weighted by Gasteiger charge is -2.25. The van der Waals surface area contributed by atoms with Crippen LogP contribution in [-0.2, 0) is 16.8 Å². The highest BCUT2D eigenvalue weighted by Gasteiger charge is 2.32. The van der Waals surface area contributed by atoms with E-state index >= 15 is 0 Å². The molecule has 1 heterocycles. The number of oxazole rings is 1. The lowest BCUT2D eigenvalue weighted by Crippen LogP contribution is -2.48. The van der Waals surface area contributed by atoms with E-state index in [1.807, 2.05) is 27.7 Å². The number of nitrogens with zero attached hydrogens (tertiary/aromatic N) is 1. The Morgan fingerprint density at radius 1 is 1.42 bits per heavy atom. The van der Waals surface area contributed by atoms with Gasteiger partial charge >= 0.3 is 5.97 Å². The smallest absolute Gasteiger partial charge is 0.323 e. The van der Waals surface area contributed by atoms with Gasteiger partial charge in [-0.2, -0.15) is 0 Å². The minimum Gasteiger partial charge on any atom is -0.480 e. The van der Waals surface area contributed by atoms with E-state index in [1.165, 1.54) is 0 Å². The summed E-state index contributed by atoms with van der Waals surface area (Å²) in [6.45, 7) is 10.1. The molecule has 0 amide bonds. The van der Waals surface area contributed by atoms with Crippen LogP contribution in [0.4, 0.5) is 0 Å². The molecule has 0 aromatic carbocycles. The van der Waals surface area contributed by atoms with E-state index in [4.69, 9.17) is 4.42 Å². The second-order valence-corrected chi connectivity index (χ2v) is 6.11. The summed E-state index contributed by atoms with van der Waals surface area (Å²) in [5.74, 6) is 0.474. The van der Waals surface area contributed by atoms with Crippen LogP contribution in [0.5, 0.6) is 0 Å². The zero-order valence-electron chi connectivity index (χ0n) is 12.4. The molecule has 1 aromatic heterocycles. The van der Waals surface area contributed by atoms with Crippen molar-refractivity contribution in [2.45, 2.75) is 65.0 Å². The van der Waals surface area contributed by atoms with Crippen LogP contribution in [0.3, 0.4) is 0 Å². The third-order valence-corrected chi connectivity index (χ3v) is 3.14. The third-order valence-electron chi connectivity index (χ3n) is 3.14. The van der Waals surface area contributed by atoms with Gasteiger partial charge in [0, 0.05) is 5.41 Å². The Morgan fingerprint density at radius 2 is 2.05 bits per heavy atom.